The lowest BCUT2D eigenvalue weighted by molar-refractivity contribution is 0.0996. The molecule has 222 valence electrons. The molecule has 0 aliphatic heterocycles. The Kier molecular flexibility index (Phi) is 7.47. The minimum atomic E-state index is -0.358. The number of fused-ring (bicyclic) bond motifs is 3. The molecule has 8 heteroatoms. The second-order valence-electron chi connectivity index (χ2n) is 10.9. The van der Waals surface area contributed by atoms with Gasteiger partial charge in [0.25, 0.3) is 11.8 Å². The van der Waals surface area contributed by atoms with E-state index >= 15 is 0 Å². The quantitative estimate of drug-likeness (QED) is 0.117. The molecule has 0 saturated heterocycles. The van der Waals surface area contributed by atoms with E-state index in [0.717, 1.165) is 43.9 Å². The summed E-state index contributed by atoms with van der Waals surface area (Å²) in [6.07, 6.45) is 0.385. The molecule has 45 heavy (non-hydrogen) atoms. The summed E-state index contributed by atoms with van der Waals surface area (Å²) in [6.45, 7) is 0.563. The van der Waals surface area contributed by atoms with E-state index in [1.807, 2.05) is 84.9 Å². The maximum atomic E-state index is 13.6. The van der Waals surface area contributed by atoms with E-state index in [9.17, 15) is 14.7 Å². The van der Waals surface area contributed by atoms with E-state index in [-0.39, 0.29) is 24.2 Å². The predicted octanol–water partition coefficient (Wildman–Crippen LogP) is 7.72. The number of hydrogen-bond donors (Lipinski definition) is 5. The van der Waals surface area contributed by atoms with Gasteiger partial charge in [-0.3, -0.25) is 9.59 Å². The molecule has 0 aliphatic carbocycles. The van der Waals surface area contributed by atoms with Crippen molar-refractivity contribution in [3.63, 3.8) is 0 Å². The van der Waals surface area contributed by atoms with Crippen molar-refractivity contribution in [1.29, 1.82) is 0 Å². The lowest BCUT2D eigenvalue weighted by atomic mass is 9.98. The summed E-state index contributed by atoms with van der Waals surface area (Å²) in [7, 11) is 0. The number of rotatable bonds is 9. The van der Waals surface area contributed by atoms with Gasteiger partial charge in [-0.1, -0.05) is 72.8 Å². The number of aliphatic hydroxyl groups is 1. The van der Waals surface area contributed by atoms with Gasteiger partial charge < -0.3 is 30.5 Å². The molecule has 0 radical (unpaired) electrons. The Morgan fingerprint density at radius 2 is 1.49 bits per heavy atom. The molecule has 7 aromatic rings. The molecule has 2 amide bonds. The summed E-state index contributed by atoms with van der Waals surface area (Å²) >= 11 is 0. The van der Waals surface area contributed by atoms with Crippen LogP contribution in [0.1, 0.15) is 32.2 Å². The Balaban J connectivity index is 1.14. The van der Waals surface area contributed by atoms with E-state index in [1.54, 1.807) is 18.2 Å². The van der Waals surface area contributed by atoms with E-state index in [0.29, 0.717) is 35.6 Å². The molecule has 0 atom stereocenters. The lowest BCUT2D eigenvalue weighted by Crippen LogP contribution is -2.15. The van der Waals surface area contributed by atoms with Crippen LogP contribution in [0, 0.1) is 0 Å². The summed E-state index contributed by atoms with van der Waals surface area (Å²) in [6, 6.07) is 36.3. The van der Waals surface area contributed by atoms with Gasteiger partial charge in [-0.15, -0.1) is 0 Å². The average molecular weight is 595 g/mol. The maximum Gasteiger partial charge on any atom is 0.291 e. The topological polar surface area (TPSA) is 119 Å². The van der Waals surface area contributed by atoms with Gasteiger partial charge in [-0.2, -0.15) is 0 Å². The minimum Gasteiger partial charge on any atom is -0.451 e. The maximum absolute atomic E-state index is 13.6. The molecule has 7 rings (SSSR count). The highest BCUT2D eigenvalue weighted by Crippen LogP contribution is 2.34. The first-order chi connectivity index (χ1) is 22.1. The van der Waals surface area contributed by atoms with Crippen molar-refractivity contribution < 1.29 is 19.1 Å². The van der Waals surface area contributed by atoms with Gasteiger partial charge in [-0.25, -0.2) is 0 Å². The van der Waals surface area contributed by atoms with Crippen molar-refractivity contribution in [1.82, 2.24) is 4.98 Å². The van der Waals surface area contributed by atoms with Crippen LogP contribution in [-0.2, 0) is 13.0 Å². The Labute approximate surface area is 258 Å². The second-order valence-corrected chi connectivity index (χ2v) is 10.9. The summed E-state index contributed by atoms with van der Waals surface area (Å²) < 4.78 is 5.69. The molecule has 2 heterocycles. The second kappa shape index (κ2) is 12.0. The molecule has 0 spiro atoms. The van der Waals surface area contributed by atoms with E-state index in [2.05, 4.69) is 33.1 Å². The zero-order valence-electron chi connectivity index (χ0n) is 24.3. The number of aromatic nitrogens is 1. The average Bonchev–Trinajstić information content (AvgIpc) is 3.70. The van der Waals surface area contributed by atoms with Crippen LogP contribution in [0.2, 0.25) is 0 Å². The van der Waals surface area contributed by atoms with Crippen LogP contribution in [0.25, 0.3) is 32.6 Å². The highest BCUT2D eigenvalue weighted by Gasteiger charge is 2.18. The standard InChI is InChI=1S/C37H30N4O4/c42-17-16-29-27-11-5-6-12-28(27)31(38-22-23-8-2-1-3-9-23)21-32(29)41-36(43)33-19-25-18-26(14-15-30(25)40-33)39-37(44)35-20-24-10-4-7-13-34(24)45-35/h1-15,18-21,38,40,42H,16-17,22H2,(H,39,44)(H,41,43). The van der Waals surface area contributed by atoms with Crippen molar-refractivity contribution in [3.8, 4) is 0 Å². The number of furan rings is 1. The highest BCUT2D eigenvalue weighted by molar-refractivity contribution is 6.10. The molecule has 0 fully saturated rings. The van der Waals surface area contributed by atoms with Crippen LogP contribution in [0.3, 0.4) is 0 Å². The predicted molar refractivity (Wildman–Crippen MR) is 179 cm³/mol. The number of carbonyl (C=O) groups is 2. The fraction of sp³-hybridized carbons (Fsp3) is 0.0811. The Hall–Kier alpha value is -5.86. The monoisotopic (exact) mass is 594 g/mol. The third-order valence-electron chi connectivity index (χ3n) is 7.86. The van der Waals surface area contributed by atoms with E-state index in [4.69, 9.17) is 4.42 Å². The molecule has 5 N–H and O–H groups in total. The first kappa shape index (κ1) is 27.9. The first-order valence-corrected chi connectivity index (χ1v) is 14.7. The van der Waals surface area contributed by atoms with Crippen LogP contribution in [-0.4, -0.2) is 28.5 Å². The molecule has 8 nitrogen and oxygen atoms in total. The minimum absolute atomic E-state index is 0.0570. The fourth-order valence-corrected chi connectivity index (χ4v) is 5.68. The van der Waals surface area contributed by atoms with Crippen LogP contribution in [0.4, 0.5) is 17.1 Å². The summed E-state index contributed by atoms with van der Waals surface area (Å²) in [5.41, 5.74) is 5.85. The molecule has 5 aromatic carbocycles. The molecule has 0 bridgehead atoms. The Bertz CT molecular complexity index is 2150. The number of aromatic amines is 1. The lowest BCUT2D eigenvalue weighted by Gasteiger charge is -2.18. The number of anilines is 3. The molecule has 2 aromatic heterocycles. The Morgan fingerprint density at radius 1 is 0.711 bits per heavy atom. The molecular formula is C37H30N4O4. The zero-order chi connectivity index (χ0) is 30.8. The van der Waals surface area contributed by atoms with Gasteiger partial charge in [0, 0.05) is 51.9 Å². The van der Waals surface area contributed by atoms with Gasteiger partial charge in [0.1, 0.15) is 11.3 Å². The molecule has 0 unspecified atom stereocenters. The summed E-state index contributed by atoms with van der Waals surface area (Å²) in [4.78, 5) is 29.6. The fourth-order valence-electron chi connectivity index (χ4n) is 5.68. The summed E-state index contributed by atoms with van der Waals surface area (Å²) in [5, 5.41) is 23.0. The van der Waals surface area contributed by atoms with Crippen LogP contribution < -0.4 is 16.0 Å². The summed E-state index contributed by atoms with van der Waals surface area (Å²) in [5.74, 6) is -0.455. The number of H-pyrrole nitrogens is 1. The van der Waals surface area contributed by atoms with Crippen molar-refractivity contribution in [2.75, 3.05) is 22.6 Å². The zero-order valence-corrected chi connectivity index (χ0v) is 24.3. The van der Waals surface area contributed by atoms with Crippen molar-refractivity contribution in [2.45, 2.75) is 13.0 Å². The smallest absolute Gasteiger partial charge is 0.291 e. The molecular weight excluding hydrogens is 564 g/mol. The van der Waals surface area contributed by atoms with Gasteiger partial charge in [0.15, 0.2) is 5.76 Å². The van der Waals surface area contributed by atoms with Gasteiger partial charge in [0.2, 0.25) is 0 Å². The van der Waals surface area contributed by atoms with Crippen LogP contribution >= 0.6 is 0 Å². The van der Waals surface area contributed by atoms with Crippen molar-refractivity contribution in [2.24, 2.45) is 0 Å². The molecule has 0 aliphatic rings. The Morgan fingerprint density at radius 3 is 2.31 bits per heavy atom. The largest absolute Gasteiger partial charge is 0.451 e. The van der Waals surface area contributed by atoms with E-state index < -0.39 is 0 Å². The van der Waals surface area contributed by atoms with Crippen molar-refractivity contribution in [3.05, 3.63) is 138 Å². The number of para-hydroxylation sites is 1. The van der Waals surface area contributed by atoms with Gasteiger partial charge in [-0.05, 0) is 65.4 Å². The van der Waals surface area contributed by atoms with Crippen LogP contribution in [0.5, 0.6) is 0 Å². The first-order valence-electron chi connectivity index (χ1n) is 14.7. The van der Waals surface area contributed by atoms with Gasteiger partial charge in [0.05, 0.1) is 0 Å². The SMILES string of the molecule is O=C(Nc1cc(NCc2ccccc2)c2ccccc2c1CCO)c1cc2cc(NC(=O)c3cc4ccccc4o3)ccc2[nH]1. The number of amides is 2. The third-order valence-corrected chi connectivity index (χ3v) is 7.86. The molecule has 0 saturated carbocycles. The van der Waals surface area contributed by atoms with Gasteiger partial charge >= 0.3 is 0 Å². The number of aliphatic hydroxyl groups excluding tert-OH is 1. The number of nitrogens with one attached hydrogen (secondary N) is 4. The van der Waals surface area contributed by atoms with Crippen LogP contribution in [0.15, 0.2) is 120 Å². The number of hydrogen-bond acceptors (Lipinski definition) is 5. The van der Waals surface area contributed by atoms with Crippen molar-refractivity contribution >= 4 is 61.5 Å². The number of benzene rings is 5. The normalized spacial score (nSPS) is 11.2. The third kappa shape index (κ3) is 5.74. The highest BCUT2D eigenvalue weighted by atomic mass is 16.3. The number of carbonyl (C=O) groups excluding carboxylic acids is 2. The van der Waals surface area contributed by atoms with E-state index in [1.165, 1.54) is 0 Å².